The summed E-state index contributed by atoms with van der Waals surface area (Å²) in [6.45, 7) is 0.266. The predicted molar refractivity (Wildman–Crippen MR) is 145 cm³/mol. The van der Waals surface area contributed by atoms with E-state index >= 15 is 0 Å². The van der Waals surface area contributed by atoms with Crippen LogP contribution in [0.15, 0.2) is 24.3 Å². The van der Waals surface area contributed by atoms with E-state index in [9.17, 15) is 19.2 Å². The summed E-state index contributed by atoms with van der Waals surface area (Å²) >= 11 is 0. The van der Waals surface area contributed by atoms with E-state index in [-0.39, 0.29) is 50.1 Å². The molecular formula is C29H42N4O6. The number of carbonyl (C=O) groups is 4. The third-order valence-electron chi connectivity index (χ3n) is 8.23. The maximum atomic E-state index is 12.8. The Morgan fingerprint density at radius 1 is 0.769 bits per heavy atom. The van der Waals surface area contributed by atoms with Crippen molar-refractivity contribution in [3.63, 3.8) is 0 Å². The van der Waals surface area contributed by atoms with Gasteiger partial charge < -0.3 is 25.8 Å². The molecule has 0 aromatic heterocycles. The Labute approximate surface area is 230 Å². The Balaban J connectivity index is 1.29. The highest BCUT2D eigenvalue weighted by Gasteiger charge is 2.37. The number of hydrogen-bond donors (Lipinski definition) is 3. The van der Waals surface area contributed by atoms with Crippen molar-refractivity contribution in [2.24, 2.45) is 5.73 Å². The highest BCUT2D eigenvalue weighted by atomic mass is 16.6. The van der Waals surface area contributed by atoms with Gasteiger partial charge in [-0.1, -0.05) is 50.7 Å². The maximum absolute atomic E-state index is 12.8. The summed E-state index contributed by atoms with van der Waals surface area (Å²) in [5.74, 6) is -0.687. The van der Waals surface area contributed by atoms with Crippen LogP contribution in [0.1, 0.15) is 104 Å². The van der Waals surface area contributed by atoms with Crippen LogP contribution in [0.2, 0.25) is 0 Å². The van der Waals surface area contributed by atoms with Gasteiger partial charge in [0.2, 0.25) is 0 Å². The van der Waals surface area contributed by atoms with Crippen LogP contribution in [0.3, 0.4) is 0 Å². The molecule has 10 heteroatoms. The molecule has 0 radical (unpaired) electrons. The van der Waals surface area contributed by atoms with Gasteiger partial charge in [-0.2, -0.15) is 0 Å². The molecule has 0 atom stereocenters. The number of alkyl carbamates (subject to hydrolysis) is 2. The van der Waals surface area contributed by atoms with Crippen LogP contribution < -0.4 is 16.4 Å². The Bertz CT molecular complexity index is 946. The summed E-state index contributed by atoms with van der Waals surface area (Å²) in [7, 11) is 0. The van der Waals surface area contributed by atoms with E-state index in [4.69, 9.17) is 15.2 Å². The van der Waals surface area contributed by atoms with Gasteiger partial charge in [-0.3, -0.25) is 14.5 Å². The summed E-state index contributed by atoms with van der Waals surface area (Å²) in [5.41, 5.74) is 6.58. The molecule has 0 saturated heterocycles. The zero-order valence-corrected chi connectivity index (χ0v) is 22.8. The smallest absolute Gasteiger partial charge is 0.407 e. The molecule has 4 amide bonds. The molecule has 39 heavy (non-hydrogen) atoms. The monoisotopic (exact) mass is 542 g/mol. The van der Waals surface area contributed by atoms with E-state index in [2.05, 4.69) is 10.6 Å². The third kappa shape index (κ3) is 8.17. The lowest BCUT2D eigenvalue weighted by atomic mass is 9.89. The molecule has 2 saturated carbocycles. The van der Waals surface area contributed by atoms with Crippen LogP contribution in [0, 0.1) is 0 Å². The molecule has 2 aliphatic carbocycles. The topological polar surface area (TPSA) is 140 Å². The lowest BCUT2D eigenvalue weighted by molar-refractivity contribution is 0.0632. The van der Waals surface area contributed by atoms with Crippen LogP contribution in [-0.4, -0.2) is 66.3 Å². The number of carbonyl (C=O) groups excluding carboxylic acids is 4. The van der Waals surface area contributed by atoms with Crippen molar-refractivity contribution in [1.82, 2.24) is 15.5 Å². The molecule has 1 aliphatic heterocycles. The lowest BCUT2D eigenvalue weighted by Gasteiger charge is -2.31. The molecule has 2 fully saturated rings. The number of ether oxygens (including phenoxy) is 2. The van der Waals surface area contributed by atoms with Crippen molar-refractivity contribution in [3.8, 4) is 0 Å². The zero-order chi connectivity index (χ0) is 27.7. The van der Waals surface area contributed by atoms with Gasteiger partial charge in [-0.25, -0.2) is 9.59 Å². The van der Waals surface area contributed by atoms with Gasteiger partial charge in [0.25, 0.3) is 11.8 Å². The van der Waals surface area contributed by atoms with Gasteiger partial charge in [0.1, 0.15) is 0 Å². The van der Waals surface area contributed by atoms with Crippen LogP contribution in [0.4, 0.5) is 9.59 Å². The summed E-state index contributed by atoms with van der Waals surface area (Å²) in [4.78, 5) is 51.5. The number of amides is 4. The van der Waals surface area contributed by atoms with E-state index in [1.165, 1.54) is 17.7 Å². The predicted octanol–water partition coefficient (Wildman–Crippen LogP) is 4.27. The summed E-state index contributed by atoms with van der Waals surface area (Å²) in [6, 6.07) is 7.02. The Morgan fingerprint density at radius 3 is 1.64 bits per heavy atom. The van der Waals surface area contributed by atoms with E-state index in [1.807, 2.05) is 0 Å². The zero-order valence-electron chi connectivity index (χ0n) is 22.8. The van der Waals surface area contributed by atoms with Crippen LogP contribution >= 0.6 is 0 Å². The molecule has 4 N–H and O–H groups in total. The molecule has 1 heterocycles. The first kappa shape index (κ1) is 28.9. The number of hydrogen-bond acceptors (Lipinski definition) is 7. The Kier molecular flexibility index (Phi) is 10.2. The fourth-order valence-corrected chi connectivity index (χ4v) is 5.76. The average Bonchev–Trinajstić information content (AvgIpc) is 3.18. The standard InChI is InChI=1S/C29H42N4O6/c30-29(16-19-38-27(36)31-21-9-3-1-4-10-21,17-20-39-28(37)32-22-11-5-2-6-12-22)15-18-33-25(34)23-13-7-8-14-24(23)26(33)35/h7-8,13-14,21-22H,1-6,9-12,15-20,30H2,(H,31,36)(H,32,37). The van der Waals surface area contributed by atoms with Crippen LogP contribution in [0.5, 0.6) is 0 Å². The molecular weight excluding hydrogens is 500 g/mol. The second-order valence-corrected chi connectivity index (χ2v) is 11.2. The molecule has 1 aromatic rings. The number of rotatable bonds is 11. The molecule has 0 unspecified atom stereocenters. The number of nitrogens with one attached hydrogen (secondary N) is 2. The molecule has 10 nitrogen and oxygen atoms in total. The second kappa shape index (κ2) is 13.8. The number of imide groups is 1. The number of benzene rings is 1. The van der Waals surface area contributed by atoms with Gasteiger partial charge in [-0.15, -0.1) is 0 Å². The molecule has 1 aromatic carbocycles. The third-order valence-corrected chi connectivity index (χ3v) is 8.23. The second-order valence-electron chi connectivity index (χ2n) is 11.2. The van der Waals surface area contributed by atoms with Gasteiger partial charge in [-0.05, 0) is 57.1 Å². The van der Waals surface area contributed by atoms with E-state index in [0.717, 1.165) is 51.4 Å². The van der Waals surface area contributed by atoms with E-state index < -0.39 is 17.7 Å². The quantitative estimate of drug-likeness (QED) is 0.355. The number of fused-ring (bicyclic) bond motifs is 1. The van der Waals surface area contributed by atoms with Gasteiger partial charge in [0, 0.05) is 24.2 Å². The van der Waals surface area contributed by atoms with Crippen molar-refractivity contribution < 1.29 is 28.7 Å². The van der Waals surface area contributed by atoms with Crippen molar-refractivity contribution in [1.29, 1.82) is 0 Å². The lowest BCUT2D eigenvalue weighted by Crippen LogP contribution is -2.47. The molecule has 0 spiro atoms. The SMILES string of the molecule is NC(CCOC(=O)NC1CCCCC1)(CCOC(=O)NC1CCCCC1)CCN1C(=O)c2ccccc2C1=O. The molecule has 3 aliphatic rings. The van der Waals surface area contributed by atoms with Gasteiger partial charge in [0.15, 0.2) is 0 Å². The van der Waals surface area contributed by atoms with E-state index in [1.54, 1.807) is 24.3 Å². The fraction of sp³-hybridized carbons (Fsp3) is 0.655. The minimum atomic E-state index is -0.925. The first-order chi connectivity index (χ1) is 18.8. The van der Waals surface area contributed by atoms with Gasteiger partial charge >= 0.3 is 12.2 Å². The number of nitrogens with zero attached hydrogens (tertiary/aromatic N) is 1. The Morgan fingerprint density at radius 2 is 1.21 bits per heavy atom. The van der Waals surface area contributed by atoms with E-state index in [0.29, 0.717) is 24.0 Å². The fourth-order valence-electron chi connectivity index (χ4n) is 5.76. The summed E-state index contributed by atoms with van der Waals surface area (Å²) in [5, 5.41) is 5.85. The Hall–Kier alpha value is -3.14. The highest BCUT2D eigenvalue weighted by molar-refractivity contribution is 6.21. The van der Waals surface area contributed by atoms with Crippen molar-refractivity contribution in [2.45, 2.75) is 101 Å². The summed E-state index contributed by atoms with van der Waals surface area (Å²) < 4.78 is 10.9. The first-order valence-corrected chi connectivity index (χ1v) is 14.5. The minimum absolute atomic E-state index is 0.0748. The highest BCUT2D eigenvalue weighted by Crippen LogP contribution is 2.26. The van der Waals surface area contributed by atoms with Crippen molar-refractivity contribution in [3.05, 3.63) is 35.4 Å². The largest absolute Gasteiger partial charge is 0.449 e. The van der Waals surface area contributed by atoms with Crippen LogP contribution in [0.25, 0.3) is 0 Å². The number of nitrogens with two attached hydrogens (primary N) is 1. The molecule has 214 valence electrons. The molecule has 0 bridgehead atoms. The summed E-state index contributed by atoms with van der Waals surface area (Å²) in [6.07, 6.45) is 10.5. The maximum Gasteiger partial charge on any atom is 0.407 e. The minimum Gasteiger partial charge on any atom is -0.449 e. The average molecular weight is 543 g/mol. The normalized spacial score (nSPS) is 18.5. The molecule has 4 rings (SSSR count). The van der Waals surface area contributed by atoms with Gasteiger partial charge in [0.05, 0.1) is 24.3 Å². The van der Waals surface area contributed by atoms with Crippen LogP contribution in [-0.2, 0) is 9.47 Å². The first-order valence-electron chi connectivity index (χ1n) is 14.5. The van der Waals surface area contributed by atoms with Crippen molar-refractivity contribution >= 4 is 24.0 Å². The van der Waals surface area contributed by atoms with Crippen molar-refractivity contribution in [2.75, 3.05) is 19.8 Å².